The van der Waals surface area contributed by atoms with Crippen molar-refractivity contribution in [3.05, 3.63) is 92.3 Å². The van der Waals surface area contributed by atoms with E-state index in [1.165, 1.54) is 4.57 Å². The van der Waals surface area contributed by atoms with Gasteiger partial charge in [-0.15, -0.1) is 0 Å². The van der Waals surface area contributed by atoms with Crippen LogP contribution in [0.25, 0.3) is 16.9 Å². The van der Waals surface area contributed by atoms with Gasteiger partial charge in [0.15, 0.2) is 11.2 Å². The summed E-state index contributed by atoms with van der Waals surface area (Å²) in [5.41, 5.74) is 1.91. The van der Waals surface area contributed by atoms with E-state index in [2.05, 4.69) is 4.98 Å². The number of hydrogen-bond donors (Lipinski definition) is 0. The molecule has 0 amide bonds. The Bertz CT molecular complexity index is 1350. The quantitative estimate of drug-likeness (QED) is 0.473. The average molecular weight is 435 g/mol. The van der Waals surface area contributed by atoms with Crippen molar-refractivity contribution >= 4 is 22.8 Å². The molecule has 0 saturated heterocycles. The number of benzene rings is 2. The summed E-state index contributed by atoms with van der Waals surface area (Å²) in [4.78, 5) is 31.7. The fourth-order valence-electron chi connectivity index (χ4n) is 4.58. The lowest BCUT2D eigenvalue weighted by Gasteiger charge is -2.24. The van der Waals surface area contributed by atoms with E-state index >= 15 is 0 Å². The summed E-state index contributed by atoms with van der Waals surface area (Å²) >= 11 is 6.15. The number of para-hydroxylation sites is 1. The van der Waals surface area contributed by atoms with Crippen LogP contribution in [0, 0.1) is 0 Å². The molecule has 0 bridgehead atoms. The van der Waals surface area contributed by atoms with E-state index in [0.29, 0.717) is 28.4 Å². The second-order valence-corrected chi connectivity index (χ2v) is 8.53. The lowest BCUT2D eigenvalue weighted by atomic mass is 9.95. The average Bonchev–Trinajstić information content (AvgIpc) is 3.19. The van der Waals surface area contributed by atoms with Crippen molar-refractivity contribution in [2.75, 3.05) is 0 Å². The summed E-state index contributed by atoms with van der Waals surface area (Å²) in [5, 5.41) is 0.641. The highest BCUT2D eigenvalue weighted by molar-refractivity contribution is 6.30. The number of fused-ring (bicyclic) bond motifs is 1. The van der Waals surface area contributed by atoms with Crippen LogP contribution in [0.4, 0.5) is 0 Å². The van der Waals surface area contributed by atoms with Crippen molar-refractivity contribution in [1.29, 1.82) is 0 Å². The van der Waals surface area contributed by atoms with Crippen molar-refractivity contribution < 1.29 is 0 Å². The lowest BCUT2D eigenvalue weighted by molar-refractivity contribution is 0.335. The van der Waals surface area contributed by atoms with E-state index < -0.39 is 0 Å². The van der Waals surface area contributed by atoms with Crippen molar-refractivity contribution in [2.24, 2.45) is 0 Å². The molecule has 1 saturated carbocycles. The zero-order chi connectivity index (χ0) is 21.4. The molecule has 0 spiro atoms. The highest BCUT2D eigenvalue weighted by Crippen LogP contribution is 2.27. The third kappa shape index (κ3) is 3.61. The smallest absolute Gasteiger partial charge is 0.320 e. The molecule has 2 aromatic carbocycles. The molecule has 5 rings (SSSR count). The minimum absolute atomic E-state index is 0.0809. The summed E-state index contributed by atoms with van der Waals surface area (Å²) in [6.45, 7) is 0.448. The van der Waals surface area contributed by atoms with Crippen LogP contribution in [0.1, 0.15) is 43.7 Å². The van der Waals surface area contributed by atoms with Gasteiger partial charge in [-0.3, -0.25) is 9.36 Å². The Morgan fingerprint density at radius 3 is 2.48 bits per heavy atom. The summed E-state index contributed by atoms with van der Waals surface area (Å²) in [6, 6.07) is 16.9. The maximum absolute atomic E-state index is 13.6. The Morgan fingerprint density at radius 1 is 0.968 bits per heavy atom. The van der Waals surface area contributed by atoms with E-state index in [4.69, 9.17) is 11.6 Å². The zero-order valence-corrected chi connectivity index (χ0v) is 17.8. The molecule has 0 radical (unpaired) electrons. The SMILES string of the molecule is O=c1c2c(ncn2Cc2cccc(Cl)c2)n(-c2ccccc2)c(=O)n1C1CCCCC1. The maximum Gasteiger partial charge on any atom is 0.337 e. The molecule has 2 heterocycles. The van der Waals surface area contributed by atoms with Crippen LogP contribution in [-0.4, -0.2) is 18.7 Å². The molecular weight excluding hydrogens is 412 g/mol. The molecule has 6 nitrogen and oxygen atoms in total. The van der Waals surface area contributed by atoms with Crippen molar-refractivity contribution in [3.63, 3.8) is 0 Å². The Hall–Kier alpha value is -3.12. The van der Waals surface area contributed by atoms with Gasteiger partial charge < -0.3 is 4.57 Å². The zero-order valence-electron chi connectivity index (χ0n) is 17.1. The molecule has 0 N–H and O–H groups in total. The van der Waals surface area contributed by atoms with Crippen LogP contribution in [0.5, 0.6) is 0 Å². The summed E-state index contributed by atoms with van der Waals surface area (Å²) in [6.07, 6.45) is 6.53. The van der Waals surface area contributed by atoms with Gasteiger partial charge in [0.25, 0.3) is 5.56 Å². The highest BCUT2D eigenvalue weighted by atomic mass is 35.5. The first-order chi connectivity index (χ1) is 15.1. The molecule has 1 aliphatic carbocycles. The van der Waals surface area contributed by atoms with Gasteiger partial charge in [-0.1, -0.05) is 61.2 Å². The molecule has 4 aromatic rings. The fourth-order valence-corrected chi connectivity index (χ4v) is 4.79. The van der Waals surface area contributed by atoms with Gasteiger partial charge in [-0.25, -0.2) is 14.3 Å². The monoisotopic (exact) mass is 434 g/mol. The normalized spacial score (nSPS) is 14.9. The molecule has 2 aromatic heterocycles. The number of nitrogens with zero attached hydrogens (tertiary/aromatic N) is 4. The topological polar surface area (TPSA) is 61.8 Å². The summed E-state index contributed by atoms with van der Waals surface area (Å²) < 4.78 is 4.85. The van der Waals surface area contributed by atoms with Crippen LogP contribution in [0.3, 0.4) is 0 Å². The van der Waals surface area contributed by atoms with E-state index in [9.17, 15) is 9.59 Å². The standard InChI is InChI=1S/C24H23ClN4O2/c25-18-9-7-8-17(14-18)15-27-16-26-22-21(27)23(30)29(20-12-5-2-6-13-20)24(31)28(22)19-10-3-1-4-11-19/h1,3-4,7-11,14,16,20H,2,5-6,12-13,15H2. The second-order valence-electron chi connectivity index (χ2n) is 8.10. The van der Waals surface area contributed by atoms with Gasteiger partial charge in [0, 0.05) is 17.6 Å². The van der Waals surface area contributed by atoms with Crippen LogP contribution in [-0.2, 0) is 6.54 Å². The lowest BCUT2D eigenvalue weighted by Crippen LogP contribution is -2.43. The van der Waals surface area contributed by atoms with Gasteiger partial charge in [0.2, 0.25) is 0 Å². The molecule has 158 valence electrons. The molecule has 0 atom stereocenters. The van der Waals surface area contributed by atoms with Crippen molar-refractivity contribution in [2.45, 2.75) is 44.7 Å². The number of halogens is 1. The first-order valence-corrected chi connectivity index (χ1v) is 11.0. The molecular formula is C24H23ClN4O2. The number of aromatic nitrogens is 4. The number of hydrogen-bond acceptors (Lipinski definition) is 3. The maximum atomic E-state index is 13.6. The molecule has 1 fully saturated rings. The van der Waals surface area contributed by atoms with Crippen LogP contribution in [0.2, 0.25) is 5.02 Å². The van der Waals surface area contributed by atoms with E-state index in [1.807, 2.05) is 59.2 Å². The number of imidazole rings is 1. The highest BCUT2D eigenvalue weighted by Gasteiger charge is 2.25. The predicted octanol–water partition coefficient (Wildman–Crippen LogP) is 4.56. The second kappa shape index (κ2) is 8.19. The van der Waals surface area contributed by atoms with E-state index in [1.54, 1.807) is 10.9 Å². The van der Waals surface area contributed by atoms with Gasteiger partial charge in [-0.05, 0) is 42.7 Å². The number of rotatable bonds is 4. The first kappa shape index (κ1) is 19.8. The molecule has 0 unspecified atom stereocenters. The van der Waals surface area contributed by atoms with Gasteiger partial charge in [0.1, 0.15) is 0 Å². The Balaban J connectivity index is 1.76. The Kier molecular flexibility index (Phi) is 5.24. The minimum atomic E-state index is -0.316. The van der Waals surface area contributed by atoms with E-state index in [-0.39, 0.29) is 17.3 Å². The third-order valence-corrected chi connectivity index (χ3v) is 6.28. The molecule has 1 aliphatic rings. The van der Waals surface area contributed by atoms with Gasteiger partial charge in [0.05, 0.1) is 12.0 Å². The Labute approximate surface area is 184 Å². The Morgan fingerprint density at radius 2 is 1.74 bits per heavy atom. The van der Waals surface area contributed by atoms with Gasteiger partial charge >= 0.3 is 5.69 Å². The molecule has 31 heavy (non-hydrogen) atoms. The van der Waals surface area contributed by atoms with Crippen LogP contribution in [0.15, 0.2) is 70.5 Å². The van der Waals surface area contributed by atoms with Crippen LogP contribution < -0.4 is 11.2 Å². The third-order valence-electron chi connectivity index (χ3n) is 6.05. The first-order valence-electron chi connectivity index (χ1n) is 10.7. The van der Waals surface area contributed by atoms with Crippen molar-refractivity contribution in [3.8, 4) is 5.69 Å². The largest absolute Gasteiger partial charge is 0.337 e. The van der Waals surface area contributed by atoms with E-state index in [0.717, 1.165) is 37.7 Å². The minimum Gasteiger partial charge on any atom is -0.320 e. The van der Waals surface area contributed by atoms with Crippen LogP contribution >= 0.6 is 11.6 Å². The summed E-state index contributed by atoms with van der Waals surface area (Å²) in [5.74, 6) is 0. The molecule has 7 heteroatoms. The predicted molar refractivity (Wildman–Crippen MR) is 122 cm³/mol. The summed E-state index contributed by atoms with van der Waals surface area (Å²) in [7, 11) is 0. The fraction of sp³-hybridized carbons (Fsp3) is 0.292. The van der Waals surface area contributed by atoms with Gasteiger partial charge in [-0.2, -0.15) is 0 Å². The molecule has 0 aliphatic heterocycles. The van der Waals surface area contributed by atoms with Crippen molar-refractivity contribution in [1.82, 2.24) is 18.7 Å².